The van der Waals surface area contributed by atoms with Gasteiger partial charge in [-0.05, 0) is 37.5 Å². The van der Waals surface area contributed by atoms with Crippen LogP contribution in [0.2, 0.25) is 0 Å². The highest BCUT2D eigenvalue weighted by Gasteiger charge is 2.06. The number of ether oxygens (including phenoxy) is 1. The van der Waals surface area contributed by atoms with Gasteiger partial charge in [-0.25, -0.2) is 4.39 Å². The van der Waals surface area contributed by atoms with Crippen molar-refractivity contribution < 1.29 is 9.13 Å². The van der Waals surface area contributed by atoms with Gasteiger partial charge in [0.05, 0.1) is 13.2 Å². The smallest absolute Gasteiger partial charge is 0.126 e. The maximum Gasteiger partial charge on any atom is 0.126 e. The van der Waals surface area contributed by atoms with Crippen molar-refractivity contribution in [2.24, 2.45) is 0 Å². The molecule has 1 rings (SSSR count). The second-order valence-corrected chi connectivity index (χ2v) is 4.37. The highest BCUT2D eigenvalue weighted by Crippen LogP contribution is 2.15. The zero-order valence-electron chi connectivity index (χ0n) is 11.2. The van der Waals surface area contributed by atoms with Gasteiger partial charge >= 0.3 is 0 Å². The number of benzene rings is 1. The number of nitrogens with one attached hydrogen (secondary N) is 1. The van der Waals surface area contributed by atoms with E-state index in [4.69, 9.17) is 4.74 Å². The Kier molecular flexibility index (Phi) is 6.61. The third-order valence-corrected chi connectivity index (χ3v) is 2.86. The highest BCUT2D eigenvalue weighted by molar-refractivity contribution is 5.25. The summed E-state index contributed by atoms with van der Waals surface area (Å²) in [4.78, 5) is 0. The number of aryl methyl sites for hydroxylation is 1. The molecule has 0 radical (unpaired) electrons. The molecule has 0 aliphatic carbocycles. The van der Waals surface area contributed by atoms with E-state index in [1.54, 1.807) is 13.0 Å². The summed E-state index contributed by atoms with van der Waals surface area (Å²) in [5, 5.41) is 3.31. The fourth-order valence-corrected chi connectivity index (χ4v) is 1.61. The fourth-order valence-electron chi connectivity index (χ4n) is 1.61. The number of rotatable bonds is 8. The number of hydrogen-bond donors (Lipinski definition) is 1. The molecule has 0 bridgehead atoms. The van der Waals surface area contributed by atoms with Crippen molar-refractivity contribution in [3.05, 3.63) is 47.8 Å². The Hall–Kier alpha value is -1.19. The first-order valence-corrected chi connectivity index (χ1v) is 6.33. The molecular formula is C15H22FNO. The third-order valence-electron chi connectivity index (χ3n) is 2.86. The van der Waals surface area contributed by atoms with Crippen molar-refractivity contribution in [3.63, 3.8) is 0 Å². The van der Waals surface area contributed by atoms with Crippen LogP contribution in [-0.4, -0.2) is 19.8 Å². The quantitative estimate of drug-likeness (QED) is 0.565. The topological polar surface area (TPSA) is 21.3 Å². The van der Waals surface area contributed by atoms with Crippen molar-refractivity contribution in [1.82, 2.24) is 5.32 Å². The van der Waals surface area contributed by atoms with E-state index >= 15 is 0 Å². The van der Waals surface area contributed by atoms with Crippen molar-refractivity contribution >= 4 is 0 Å². The molecular weight excluding hydrogens is 229 g/mol. The van der Waals surface area contributed by atoms with E-state index in [-0.39, 0.29) is 11.9 Å². The summed E-state index contributed by atoms with van der Waals surface area (Å²) in [5.74, 6) is -0.150. The summed E-state index contributed by atoms with van der Waals surface area (Å²) in [5.41, 5.74) is 1.64. The van der Waals surface area contributed by atoms with Crippen LogP contribution >= 0.6 is 0 Å². The molecule has 1 N–H and O–H groups in total. The summed E-state index contributed by atoms with van der Waals surface area (Å²) >= 11 is 0. The zero-order valence-corrected chi connectivity index (χ0v) is 11.2. The van der Waals surface area contributed by atoms with E-state index in [1.807, 2.05) is 25.1 Å². The molecule has 0 heterocycles. The van der Waals surface area contributed by atoms with Crippen molar-refractivity contribution in [2.45, 2.75) is 26.3 Å². The molecule has 2 nitrogen and oxygen atoms in total. The molecule has 0 saturated heterocycles. The lowest BCUT2D eigenvalue weighted by atomic mass is 10.1. The Morgan fingerprint density at radius 3 is 2.89 bits per heavy atom. The predicted molar refractivity (Wildman–Crippen MR) is 73.2 cm³/mol. The minimum absolute atomic E-state index is 0.128. The van der Waals surface area contributed by atoms with Crippen LogP contribution in [0.5, 0.6) is 0 Å². The Balaban J connectivity index is 2.29. The summed E-state index contributed by atoms with van der Waals surface area (Å²) < 4.78 is 18.8. The second-order valence-electron chi connectivity index (χ2n) is 4.37. The van der Waals surface area contributed by atoms with Crippen molar-refractivity contribution in [2.75, 3.05) is 19.8 Å². The molecule has 0 aliphatic heterocycles. The van der Waals surface area contributed by atoms with E-state index < -0.39 is 0 Å². The first kappa shape index (κ1) is 14.9. The van der Waals surface area contributed by atoms with Crippen LogP contribution in [0.1, 0.15) is 30.5 Å². The second kappa shape index (κ2) is 8.01. The number of hydrogen-bond acceptors (Lipinski definition) is 2. The summed E-state index contributed by atoms with van der Waals surface area (Å²) in [6.07, 6.45) is 2.71. The lowest BCUT2D eigenvalue weighted by Gasteiger charge is -2.15. The molecule has 0 amide bonds. The van der Waals surface area contributed by atoms with Crippen LogP contribution in [0.4, 0.5) is 4.39 Å². The van der Waals surface area contributed by atoms with Crippen LogP contribution in [0.15, 0.2) is 30.9 Å². The molecule has 1 atom stereocenters. The van der Waals surface area contributed by atoms with Gasteiger partial charge in [-0.3, -0.25) is 0 Å². The minimum atomic E-state index is -0.150. The lowest BCUT2D eigenvalue weighted by Crippen LogP contribution is -2.23. The normalized spacial score (nSPS) is 12.4. The minimum Gasteiger partial charge on any atom is -0.380 e. The molecule has 0 aromatic heterocycles. The van der Waals surface area contributed by atoms with Crippen molar-refractivity contribution in [1.29, 1.82) is 0 Å². The maximum atomic E-state index is 13.4. The van der Waals surface area contributed by atoms with Gasteiger partial charge in [-0.1, -0.05) is 18.2 Å². The Morgan fingerprint density at radius 2 is 2.22 bits per heavy atom. The van der Waals surface area contributed by atoms with E-state index in [2.05, 4.69) is 11.9 Å². The van der Waals surface area contributed by atoms with Gasteiger partial charge in [-0.15, -0.1) is 6.58 Å². The lowest BCUT2D eigenvalue weighted by molar-refractivity contribution is 0.138. The van der Waals surface area contributed by atoms with Gasteiger partial charge < -0.3 is 10.1 Å². The van der Waals surface area contributed by atoms with Gasteiger partial charge in [0.2, 0.25) is 0 Å². The Bertz CT molecular complexity index is 379. The molecule has 3 heteroatoms. The van der Waals surface area contributed by atoms with Gasteiger partial charge in [-0.2, -0.15) is 0 Å². The molecule has 0 fully saturated rings. The van der Waals surface area contributed by atoms with E-state index in [9.17, 15) is 4.39 Å². The molecule has 1 aromatic rings. The van der Waals surface area contributed by atoms with Crippen LogP contribution in [0, 0.1) is 12.7 Å². The first-order valence-electron chi connectivity index (χ1n) is 6.33. The van der Waals surface area contributed by atoms with Crippen LogP contribution in [0.3, 0.4) is 0 Å². The zero-order chi connectivity index (χ0) is 13.4. The number of halogens is 1. The summed E-state index contributed by atoms with van der Waals surface area (Å²) in [6, 6.07) is 5.48. The summed E-state index contributed by atoms with van der Waals surface area (Å²) in [7, 11) is 0. The maximum absolute atomic E-state index is 13.4. The molecule has 1 unspecified atom stereocenters. The van der Waals surface area contributed by atoms with E-state index in [0.717, 1.165) is 18.5 Å². The molecule has 0 aliphatic rings. The van der Waals surface area contributed by atoms with Gasteiger partial charge in [0.25, 0.3) is 0 Å². The molecule has 0 saturated carbocycles. The van der Waals surface area contributed by atoms with Gasteiger partial charge in [0, 0.05) is 12.6 Å². The van der Waals surface area contributed by atoms with Gasteiger partial charge in [0.1, 0.15) is 5.82 Å². The SMILES string of the molecule is C=CCCOCCNC(C)c1ccc(C)c(F)c1. The molecule has 1 aromatic carbocycles. The highest BCUT2D eigenvalue weighted by atomic mass is 19.1. The molecule has 100 valence electrons. The van der Waals surface area contributed by atoms with E-state index in [0.29, 0.717) is 18.8 Å². The standard InChI is InChI=1S/C15H22FNO/c1-4-5-9-18-10-8-17-13(3)14-7-6-12(2)15(16)11-14/h4,6-7,11,13,17H,1,5,8-10H2,2-3H3. The first-order chi connectivity index (χ1) is 8.65. The predicted octanol–water partition coefficient (Wildman–Crippen LogP) is 3.38. The summed E-state index contributed by atoms with van der Waals surface area (Å²) in [6.45, 7) is 9.54. The molecule has 0 spiro atoms. The average molecular weight is 251 g/mol. The van der Waals surface area contributed by atoms with Gasteiger partial charge in [0.15, 0.2) is 0 Å². The average Bonchev–Trinajstić information content (AvgIpc) is 2.36. The van der Waals surface area contributed by atoms with E-state index in [1.165, 1.54) is 0 Å². The molecule has 18 heavy (non-hydrogen) atoms. The van der Waals surface area contributed by atoms with Crippen molar-refractivity contribution in [3.8, 4) is 0 Å². The third kappa shape index (κ3) is 4.98. The largest absolute Gasteiger partial charge is 0.380 e. The Labute approximate surface area is 109 Å². The van der Waals surface area contributed by atoms with Crippen LogP contribution in [0.25, 0.3) is 0 Å². The van der Waals surface area contributed by atoms with Crippen LogP contribution in [-0.2, 0) is 4.74 Å². The fraction of sp³-hybridized carbons (Fsp3) is 0.467. The Morgan fingerprint density at radius 1 is 1.44 bits per heavy atom. The monoisotopic (exact) mass is 251 g/mol. The van der Waals surface area contributed by atoms with Crippen LogP contribution < -0.4 is 5.32 Å².